The minimum Gasteiger partial charge on any atom is -0.508 e. The van der Waals surface area contributed by atoms with Gasteiger partial charge in [-0.2, -0.15) is 0 Å². The van der Waals surface area contributed by atoms with Crippen LogP contribution in [0.3, 0.4) is 0 Å². The molecule has 1 heterocycles. The van der Waals surface area contributed by atoms with E-state index in [9.17, 15) is 14.7 Å². The van der Waals surface area contributed by atoms with Crippen LogP contribution >= 0.6 is 11.3 Å². The lowest BCUT2D eigenvalue weighted by Gasteiger charge is -2.31. The number of unbranched alkanes of at least 4 members (excludes halogenated alkanes) is 1. The van der Waals surface area contributed by atoms with E-state index in [1.165, 1.54) is 30.6 Å². The summed E-state index contributed by atoms with van der Waals surface area (Å²) in [6, 6.07) is 5.35. The van der Waals surface area contributed by atoms with Crippen LogP contribution < -0.4 is 5.32 Å². The van der Waals surface area contributed by atoms with Gasteiger partial charge in [-0.3, -0.25) is 9.59 Å². The number of nitrogens with one attached hydrogen (secondary N) is 1. The number of hydrogen-bond donors (Lipinski definition) is 3. The van der Waals surface area contributed by atoms with Crippen LogP contribution in [-0.4, -0.2) is 28.1 Å². The van der Waals surface area contributed by atoms with Crippen molar-refractivity contribution in [3.8, 4) is 5.75 Å². The number of thiophene rings is 1. The fourth-order valence-corrected chi connectivity index (χ4v) is 6.06. The maximum Gasteiger partial charge on any atom is 0.303 e. The molecule has 0 radical (unpaired) electrons. The van der Waals surface area contributed by atoms with Crippen molar-refractivity contribution in [3.05, 3.63) is 41.3 Å². The van der Waals surface area contributed by atoms with E-state index in [-0.39, 0.29) is 24.1 Å². The molecular weight excluding hydrogens is 386 g/mol. The number of hydrogen-bond acceptors (Lipinski definition) is 4. The topological polar surface area (TPSA) is 86.6 Å². The van der Waals surface area contributed by atoms with Crippen molar-refractivity contribution in [1.82, 2.24) is 5.32 Å². The van der Waals surface area contributed by atoms with Gasteiger partial charge in [0.2, 0.25) is 0 Å². The van der Waals surface area contributed by atoms with E-state index < -0.39 is 5.97 Å². The van der Waals surface area contributed by atoms with Crippen LogP contribution in [-0.2, 0) is 4.79 Å². The van der Waals surface area contributed by atoms with Crippen LogP contribution in [0, 0.1) is 17.8 Å². The van der Waals surface area contributed by atoms with Gasteiger partial charge < -0.3 is 15.5 Å². The standard InChI is InChI=1S/C23H27NO4S/c25-16-9-10-20-18(12-16)19(13-29-20)23(28)24-22-15-8-7-14(11-15)17(22)5-3-1-2-4-6-21(26)27/h1,3,9-10,12-15,17,22,25H,2,4-8,11H2,(H,24,28)(H,26,27)/b3-1-/t14-,15+,17-,22?/m1/s1. The van der Waals surface area contributed by atoms with E-state index in [0.29, 0.717) is 29.7 Å². The lowest BCUT2D eigenvalue weighted by atomic mass is 9.82. The third-order valence-corrected chi connectivity index (χ3v) is 7.49. The maximum atomic E-state index is 13.0. The van der Waals surface area contributed by atoms with Crippen LogP contribution in [0.4, 0.5) is 0 Å². The largest absolute Gasteiger partial charge is 0.508 e. The Morgan fingerprint density at radius 1 is 1.21 bits per heavy atom. The van der Waals surface area contributed by atoms with Crippen molar-refractivity contribution in [2.24, 2.45) is 17.8 Å². The van der Waals surface area contributed by atoms with Gasteiger partial charge in [-0.1, -0.05) is 12.2 Å². The van der Waals surface area contributed by atoms with Crippen LogP contribution in [0.1, 0.15) is 55.3 Å². The molecule has 2 aliphatic carbocycles. The van der Waals surface area contributed by atoms with E-state index in [1.807, 2.05) is 11.4 Å². The summed E-state index contributed by atoms with van der Waals surface area (Å²) in [5.41, 5.74) is 0.645. The summed E-state index contributed by atoms with van der Waals surface area (Å²) in [4.78, 5) is 23.6. The van der Waals surface area contributed by atoms with E-state index in [0.717, 1.165) is 22.9 Å². The Morgan fingerprint density at radius 2 is 2.03 bits per heavy atom. The molecule has 1 aromatic heterocycles. The Morgan fingerprint density at radius 3 is 2.86 bits per heavy atom. The van der Waals surface area contributed by atoms with Gasteiger partial charge in [0, 0.05) is 27.9 Å². The highest BCUT2D eigenvalue weighted by atomic mass is 32.1. The number of carboxylic acid groups (broad SMARTS) is 1. The summed E-state index contributed by atoms with van der Waals surface area (Å²) in [7, 11) is 0. The summed E-state index contributed by atoms with van der Waals surface area (Å²) in [6.07, 6.45) is 10.5. The SMILES string of the molecule is O=C(O)CCC/C=C\C[C@H]1C(NC(=O)c2csc3ccc(O)cc23)[C@H]2CC[C@@H]1C2. The first-order chi connectivity index (χ1) is 14.0. The second-order valence-electron chi connectivity index (χ2n) is 8.32. The summed E-state index contributed by atoms with van der Waals surface area (Å²) in [5.74, 6) is 1.05. The molecule has 4 atom stereocenters. The van der Waals surface area contributed by atoms with Gasteiger partial charge in [0.15, 0.2) is 0 Å². The molecule has 5 nitrogen and oxygen atoms in total. The fourth-order valence-electron chi connectivity index (χ4n) is 5.14. The number of carbonyl (C=O) groups excluding carboxylic acids is 1. The highest BCUT2D eigenvalue weighted by molar-refractivity contribution is 7.17. The zero-order valence-electron chi connectivity index (χ0n) is 16.3. The van der Waals surface area contributed by atoms with Gasteiger partial charge in [0.25, 0.3) is 5.91 Å². The Hall–Kier alpha value is -2.34. The minimum absolute atomic E-state index is 0.0464. The molecule has 29 heavy (non-hydrogen) atoms. The molecular formula is C23H27NO4S. The predicted octanol–water partition coefficient (Wildman–Crippen LogP) is 4.95. The first kappa shape index (κ1) is 20.0. The molecule has 154 valence electrons. The Kier molecular flexibility index (Phi) is 5.90. The fraction of sp³-hybridized carbons (Fsp3) is 0.478. The van der Waals surface area contributed by atoms with E-state index in [2.05, 4.69) is 17.5 Å². The Bertz CT molecular complexity index is 934. The molecule has 1 amide bonds. The molecule has 1 aromatic carbocycles. The van der Waals surface area contributed by atoms with Crippen molar-refractivity contribution in [3.63, 3.8) is 0 Å². The summed E-state index contributed by atoms with van der Waals surface area (Å²) < 4.78 is 1.00. The molecule has 1 unspecified atom stereocenters. The van der Waals surface area contributed by atoms with Crippen molar-refractivity contribution in [2.75, 3.05) is 0 Å². The normalized spacial score (nSPS) is 25.8. The number of rotatable bonds is 8. The lowest BCUT2D eigenvalue weighted by Crippen LogP contribution is -2.43. The molecule has 0 spiro atoms. The summed E-state index contributed by atoms with van der Waals surface area (Å²) in [5, 5.41) is 24.5. The molecule has 0 saturated heterocycles. The molecule has 2 saturated carbocycles. The smallest absolute Gasteiger partial charge is 0.303 e. The van der Waals surface area contributed by atoms with Gasteiger partial charge in [-0.25, -0.2) is 0 Å². The number of carbonyl (C=O) groups is 2. The van der Waals surface area contributed by atoms with Crippen molar-refractivity contribution in [1.29, 1.82) is 0 Å². The molecule has 6 heteroatoms. The average Bonchev–Trinajstić information content (AvgIpc) is 3.39. The Labute approximate surface area is 174 Å². The van der Waals surface area contributed by atoms with Gasteiger partial charge in [-0.05, 0) is 74.5 Å². The van der Waals surface area contributed by atoms with Crippen LogP contribution in [0.15, 0.2) is 35.7 Å². The molecule has 2 aliphatic rings. The van der Waals surface area contributed by atoms with E-state index in [4.69, 9.17) is 5.11 Å². The van der Waals surface area contributed by atoms with Gasteiger partial charge in [0.1, 0.15) is 5.75 Å². The third-order valence-electron chi connectivity index (χ3n) is 6.52. The molecule has 2 bridgehead atoms. The zero-order chi connectivity index (χ0) is 20.4. The van der Waals surface area contributed by atoms with Crippen LogP contribution in [0.5, 0.6) is 5.75 Å². The van der Waals surface area contributed by atoms with Crippen LogP contribution in [0.25, 0.3) is 10.1 Å². The van der Waals surface area contributed by atoms with Crippen molar-refractivity contribution < 1.29 is 19.8 Å². The highest BCUT2D eigenvalue weighted by Gasteiger charge is 2.47. The Balaban J connectivity index is 1.41. The molecule has 2 aromatic rings. The maximum absolute atomic E-state index is 13.0. The van der Waals surface area contributed by atoms with Crippen LogP contribution in [0.2, 0.25) is 0 Å². The number of carboxylic acids is 1. The number of aliphatic carboxylic acids is 1. The minimum atomic E-state index is -0.747. The van der Waals surface area contributed by atoms with E-state index >= 15 is 0 Å². The number of benzene rings is 1. The predicted molar refractivity (Wildman–Crippen MR) is 114 cm³/mol. The first-order valence-corrected chi connectivity index (χ1v) is 11.3. The number of aromatic hydroxyl groups is 1. The molecule has 0 aliphatic heterocycles. The van der Waals surface area contributed by atoms with Gasteiger partial charge in [0.05, 0.1) is 5.56 Å². The molecule has 2 fully saturated rings. The second kappa shape index (κ2) is 8.57. The van der Waals surface area contributed by atoms with Crippen molar-refractivity contribution in [2.45, 2.75) is 51.0 Å². The number of amides is 1. The van der Waals surface area contributed by atoms with Gasteiger partial charge in [-0.15, -0.1) is 11.3 Å². The average molecular weight is 414 g/mol. The summed E-state index contributed by atoms with van der Waals surface area (Å²) >= 11 is 1.52. The number of allylic oxidation sites excluding steroid dienone is 2. The lowest BCUT2D eigenvalue weighted by molar-refractivity contribution is -0.137. The quantitative estimate of drug-likeness (QED) is 0.422. The molecule has 3 N–H and O–H groups in total. The first-order valence-electron chi connectivity index (χ1n) is 10.4. The highest BCUT2D eigenvalue weighted by Crippen LogP contribution is 2.50. The number of phenolic OH excluding ortho intramolecular Hbond substituents is 1. The monoisotopic (exact) mass is 413 g/mol. The van der Waals surface area contributed by atoms with Crippen molar-refractivity contribution >= 4 is 33.3 Å². The molecule has 4 rings (SSSR count). The number of phenols is 1. The van der Waals surface area contributed by atoms with Gasteiger partial charge >= 0.3 is 5.97 Å². The number of fused-ring (bicyclic) bond motifs is 3. The second-order valence-corrected chi connectivity index (χ2v) is 9.23. The van der Waals surface area contributed by atoms with E-state index in [1.54, 1.807) is 12.1 Å². The third kappa shape index (κ3) is 4.32. The zero-order valence-corrected chi connectivity index (χ0v) is 17.2. The summed E-state index contributed by atoms with van der Waals surface area (Å²) in [6.45, 7) is 0.